The zero-order chi connectivity index (χ0) is 16.1. The van der Waals surface area contributed by atoms with E-state index in [4.69, 9.17) is 4.74 Å². The Hall–Kier alpha value is -1.55. The quantitative estimate of drug-likeness (QED) is 0.847. The number of benzene rings is 1. The molecule has 1 amide bonds. The maximum atomic E-state index is 12.4. The third kappa shape index (κ3) is 4.05. The Morgan fingerprint density at radius 3 is 2.83 bits per heavy atom. The van der Waals surface area contributed by atoms with Crippen LogP contribution in [-0.2, 0) is 0 Å². The maximum Gasteiger partial charge on any atom is 0.415 e. The predicted octanol–water partition coefficient (Wildman–Crippen LogP) is 3.77. The highest BCUT2D eigenvalue weighted by atomic mass is 16.6. The number of unbranched alkanes of at least 4 members (excludes halogenated alkanes) is 1. The van der Waals surface area contributed by atoms with E-state index in [0.29, 0.717) is 17.7 Å². The molecule has 23 heavy (non-hydrogen) atoms. The summed E-state index contributed by atoms with van der Waals surface area (Å²) in [5.74, 6) is 1.24. The third-order valence-corrected chi connectivity index (χ3v) is 5.19. The van der Waals surface area contributed by atoms with E-state index in [1.54, 1.807) is 0 Å². The number of carbonyl (C=O) groups excluding carboxylic acids is 1. The van der Waals surface area contributed by atoms with Crippen molar-refractivity contribution in [1.82, 2.24) is 9.80 Å². The summed E-state index contributed by atoms with van der Waals surface area (Å²) in [4.78, 5) is 17.0. The molecular formula is C19H28N2O2. The highest BCUT2D eigenvalue weighted by molar-refractivity contribution is 5.70. The van der Waals surface area contributed by atoms with Crippen LogP contribution >= 0.6 is 0 Å². The van der Waals surface area contributed by atoms with Gasteiger partial charge in [-0.3, -0.25) is 4.90 Å². The van der Waals surface area contributed by atoms with Gasteiger partial charge in [-0.25, -0.2) is 4.79 Å². The Morgan fingerprint density at radius 1 is 1.22 bits per heavy atom. The van der Waals surface area contributed by atoms with Crippen LogP contribution in [0, 0.1) is 5.92 Å². The lowest BCUT2D eigenvalue weighted by Crippen LogP contribution is -2.55. The average Bonchev–Trinajstić information content (AvgIpc) is 2.60. The summed E-state index contributed by atoms with van der Waals surface area (Å²) in [5, 5.41) is 0. The molecule has 3 rings (SSSR count). The van der Waals surface area contributed by atoms with Gasteiger partial charge in [-0.2, -0.15) is 0 Å². The minimum atomic E-state index is -0.194. The number of hydrogen-bond acceptors (Lipinski definition) is 3. The molecule has 2 saturated heterocycles. The van der Waals surface area contributed by atoms with Crippen molar-refractivity contribution in [3.8, 4) is 5.75 Å². The fraction of sp³-hybridized carbons (Fsp3) is 0.632. The first-order chi connectivity index (χ1) is 11.3. The minimum absolute atomic E-state index is 0.194. The van der Waals surface area contributed by atoms with E-state index in [1.165, 1.54) is 38.8 Å². The largest absolute Gasteiger partial charge is 0.415 e. The first kappa shape index (κ1) is 16.3. The van der Waals surface area contributed by atoms with Crippen LogP contribution in [0.15, 0.2) is 30.3 Å². The highest BCUT2D eigenvalue weighted by Gasteiger charge is 2.37. The summed E-state index contributed by atoms with van der Waals surface area (Å²) in [7, 11) is 0. The Kier molecular flexibility index (Phi) is 5.55. The van der Waals surface area contributed by atoms with Crippen molar-refractivity contribution in [3.63, 3.8) is 0 Å². The molecule has 1 aromatic rings. The average molecular weight is 316 g/mol. The summed E-state index contributed by atoms with van der Waals surface area (Å²) in [6, 6.07) is 10.0. The van der Waals surface area contributed by atoms with Gasteiger partial charge in [0.25, 0.3) is 0 Å². The van der Waals surface area contributed by atoms with Crippen LogP contribution in [-0.4, -0.2) is 48.1 Å². The van der Waals surface area contributed by atoms with Gasteiger partial charge in [0.1, 0.15) is 5.75 Å². The molecule has 0 bridgehead atoms. The second-order valence-corrected chi connectivity index (χ2v) is 6.77. The fourth-order valence-corrected chi connectivity index (χ4v) is 3.97. The molecule has 0 N–H and O–H groups in total. The fourth-order valence-electron chi connectivity index (χ4n) is 3.97. The Labute approximate surface area is 139 Å². The number of fused-ring (bicyclic) bond motifs is 1. The molecule has 2 atom stereocenters. The molecule has 0 aliphatic carbocycles. The van der Waals surface area contributed by atoms with Crippen LogP contribution in [0.1, 0.15) is 39.0 Å². The van der Waals surface area contributed by atoms with Crippen molar-refractivity contribution in [3.05, 3.63) is 30.3 Å². The monoisotopic (exact) mass is 316 g/mol. The number of hydrogen-bond donors (Lipinski definition) is 0. The summed E-state index contributed by atoms with van der Waals surface area (Å²) in [5.41, 5.74) is 0. The summed E-state index contributed by atoms with van der Waals surface area (Å²) >= 11 is 0. The Balaban J connectivity index is 1.56. The number of carbonyl (C=O) groups is 1. The summed E-state index contributed by atoms with van der Waals surface area (Å²) < 4.78 is 5.50. The van der Waals surface area contributed by atoms with Crippen LogP contribution < -0.4 is 4.74 Å². The molecule has 1 aromatic carbocycles. The van der Waals surface area contributed by atoms with Gasteiger partial charge in [-0.1, -0.05) is 31.5 Å². The molecule has 2 aliphatic rings. The summed E-state index contributed by atoms with van der Waals surface area (Å²) in [6.07, 6.45) is 5.92. The zero-order valence-corrected chi connectivity index (χ0v) is 14.1. The molecule has 2 heterocycles. The lowest BCUT2D eigenvalue weighted by Gasteiger charge is -2.47. The van der Waals surface area contributed by atoms with E-state index >= 15 is 0 Å². The number of rotatable bonds is 4. The lowest BCUT2D eigenvalue weighted by atomic mass is 9.84. The van der Waals surface area contributed by atoms with Gasteiger partial charge in [0, 0.05) is 19.1 Å². The minimum Gasteiger partial charge on any atom is -0.410 e. The number of para-hydroxylation sites is 1. The lowest BCUT2D eigenvalue weighted by molar-refractivity contribution is 0.0267. The second-order valence-electron chi connectivity index (χ2n) is 6.77. The number of amides is 1. The van der Waals surface area contributed by atoms with Crippen LogP contribution in [0.5, 0.6) is 5.75 Å². The Bertz CT molecular complexity index is 505. The number of piperidine rings is 2. The van der Waals surface area contributed by atoms with E-state index in [-0.39, 0.29) is 6.09 Å². The molecule has 0 spiro atoms. The van der Waals surface area contributed by atoms with Crippen molar-refractivity contribution in [2.24, 2.45) is 5.92 Å². The predicted molar refractivity (Wildman–Crippen MR) is 91.6 cm³/mol. The summed E-state index contributed by atoms with van der Waals surface area (Å²) in [6.45, 7) is 6.36. The van der Waals surface area contributed by atoms with Gasteiger partial charge < -0.3 is 9.64 Å². The van der Waals surface area contributed by atoms with Crippen molar-refractivity contribution in [1.29, 1.82) is 0 Å². The molecule has 4 heteroatoms. The van der Waals surface area contributed by atoms with Crippen molar-refractivity contribution >= 4 is 6.09 Å². The van der Waals surface area contributed by atoms with Crippen LogP contribution in [0.25, 0.3) is 0 Å². The second kappa shape index (κ2) is 7.82. The third-order valence-electron chi connectivity index (χ3n) is 5.19. The molecule has 0 radical (unpaired) electrons. The molecule has 0 unspecified atom stereocenters. The van der Waals surface area contributed by atoms with Gasteiger partial charge in [0.2, 0.25) is 0 Å². The standard InChI is InChI=1S/C19H28N2O2/c1-2-3-12-20-13-7-8-16-15-21(14-11-18(16)20)19(22)23-17-9-5-4-6-10-17/h4-6,9-10,16,18H,2-3,7-8,11-15H2,1H3/t16-,18+/m0/s1. The van der Waals surface area contributed by atoms with E-state index < -0.39 is 0 Å². The van der Waals surface area contributed by atoms with Gasteiger partial charge in [0.15, 0.2) is 0 Å². The van der Waals surface area contributed by atoms with Gasteiger partial charge in [-0.05, 0) is 56.8 Å². The zero-order valence-electron chi connectivity index (χ0n) is 14.1. The molecule has 2 aliphatic heterocycles. The van der Waals surface area contributed by atoms with Gasteiger partial charge in [-0.15, -0.1) is 0 Å². The Morgan fingerprint density at radius 2 is 2.04 bits per heavy atom. The SMILES string of the molecule is CCCCN1CCC[C@H]2CN(C(=O)Oc3ccccc3)CC[C@H]21. The van der Waals surface area contributed by atoms with Gasteiger partial charge >= 0.3 is 6.09 Å². The first-order valence-corrected chi connectivity index (χ1v) is 9.03. The topological polar surface area (TPSA) is 32.8 Å². The maximum absolute atomic E-state index is 12.4. The van der Waals surface area contributed by atoms with Crippen LogP contribution in [0.2, 0.25) is 0 Å². The van der Waals surface area contributed by atoms with Crippen molar-refractivity contribution in [2.45, 2.75) is 45.1 Å². The number of likely N-dealkylation sites (tertiary alicyclic amines) is 2. The van der Waals surface area contributed by atoms with E-state index in [9.17, 15) is 4.79 Å². The highest BCUT2D eigenvalue weighted by Crippen LogP contribution is 2.31. The molecule has 0 saturated carbocycles. The normalized spacial score (nSPS) is 25.0. The smallest absolute Gasteiger partial charge is 0.410 e. The van der Waals surface area contributed by atoms with E-state index in [1.807, 2.05) is 35.2 Å². The molecule has 2 fully saturated rings. The molecule has 0 aromatic heterocycles. The van der Waals surface area contributed by atoms with Gasteiger partial charge in [0.05, 0.1) is 0 Å². The van der Waals surface area contributed by atoms with Crippen molar-refractivity contribution < 1.29 is 9.53 Å². The van der Waals surface area contributed by atoms with Crippen LogP contribution in [0.3, 0.4) is 0 Å². The number of nitrogens with zero attached hydrogens (tertiary/aromatic N) is 2. The molecule has 4 nitrogen and oxygen atoms in total. The van der Waals surface area contributed by atoms with E-state index in [0.717, 1.165) is 19.5 Å². The van der Waals surface area contributed by atoms with Crippen molar-refractivity contribution in [2.75, 3.05) is 26.2 Å². The number of ether oxygens (including phenoxy) is 1. The molecular weight excluding hydrogens is 288 g/mol. The van der Waals surface area contributed by atoms with Crippen LogP contribution in [0.4, 0.5) is 4.79 Å². The molecule has 126 valence electrons. The first-order valence-electron chi connectivity index (χ1n) is 9.03. The van der Waals surface area contributed by atoms with E-state index in [2.05, 4.69) is 11.8 Å².